The Balaban J connectivity index is 1.62. The van der Waals surface area contributed by atoms with Crippen molar-refractivity contribution in [3.05, 3.63) is 24.3 Å². The molecule has 110 valence electrons. The van der Waals surface area contributed by atoms with Gasteiger partial charge < -0.3 is 10.1 Å². The second kappa shape index (κ2) is 5.16. The first-order valence-electron chi connectivity index (χ1n) is 6.81. The van der Waals surface area contributed by atoms with Gasteiger partial charge in [-0.15, -0.1) is 0 Å². The maximum atomic E-state index is 12.6. The molecule has 0 spiro atoms. The molecule has 0 radical (unpaired) electrons. The number of fused-ring (bicyclic) bond motifs is 1. The first-order valence-corrected chi connectivity index (χ1v) is 6.81. The summed E-state index contributed by atoms with van der Waals surface area (Å²) in [6, 6.07) is 7.56. The van der Waals surface area contributed by atoms with Gasteiger partial charge in [-0.05, 0) is 25.0 Å². The number of ether oxygens (including phenoxy) is 1. The van der Waals surface area contributed by atoms with Gasteiger partial charge in [0.05, 0.1) is 18.8 Å². The molecule has 3 nitrogen and oxygen atoms in total. The number of hydrogen-bond donors (Lipinski definition) is 1. The molecular formula is C14H17F3N2O. The number of benzene rings is 1. The highest BCUT2D eigenvalue weighted by Gasteiger charge is 2.39. The number of anilines is 1. The van der Waals surface area contributed by atoms with Crippen LogP contribution in [0, 0.1) is 0 Å². The molecule has 1 aliphatic carbocycles. The normalized spacial score (nSPS) is 22.1. The van der Waals surface area contributed by atoms with Crippen molar-refractivity contribution in [3.63, 3.8) is 0 Å². The molecule has 6 heteroatoms. The van der Waals surface area contributed by atoms with Gasteiger partial charge in [0.1, 0.15) is 11.9 Å². The zero-order valence-corrected chi connectivity index (χ0v) is 11.0. The molecule has 1 fully saturated rings. The fourth-order valence-corrected chi connectivity index (χ4v) is 2.54. The topological polar surface area (TPSA) is 24.5 Å². The molecule has 1 aromatic carbocycles. The number of nitrogens with one attached hydrogen (secondary N) is 1. The zero-order chi connectivity index (χ0) is 14.2. The molecule has 20 heavy (non-hydrogen) atoms. The van der Waals surface area contributed by atoms with E-state index in [0.29, 0.717) is 18.8 Å². The molecule has 1 saturated carbocycles. The summed E-state index contributed by atoms with van der Waals surface area (Å²) in [5.41, 5.74) is 0.901. The summed E-state index contributed by atoms with van der Waals surface area (Å²) in [5.74, 6) is 0.714. The van der Waals surface area contributed by atoms with Gasteiger partial charge in [0.2, 0.25) is 0 Å². The third-order valence-corrected chi connectivity index (χ3v) is 3.58. The molecule has 3 rings (SSSR count). The Morgan fingerprint density at radius 1 is 1.25 bits per heavy atom. The van der Waals surface area contributed by atoms with Crippen molar-refractivity contribution in [1.29, 1.82) is 0 Å². The van der Waals surface area contributed by atoms with Gasteiger partial charge in [-0.25, -0.2) is 0 Å². The lowest BCUT2D eigenvalue weighted by Crippen LogP contribution is -2.45. The predicted octanol–water partition coefficient (Wildman–Crippen LogP) is 2.89. The third-order valence-electron chi connectivity index (χ3n) is 3.58. The molecule has 2 aliphatic rings. The Bertz CT molecular complexity index is 474. The molecule has 1 heterocycles. The quantitative estimate of drug-likeness (QED) is 0.921. The van der Waals surface area contributed by atoms with Crippen LogP contribution < -0.4 is 10.1 Å². The average Bonchev–Trinajstić information content (AvgIpc) is 3.20. The van der Waals surface area contributed by atoms with Crippen LogP contribution in [-0.2, 0) is 0 Å². The van der Waals surface area contributed by atoms with E-state index in [0.717, 1.165) is 18.5 Å². The lowest BCUT2D eigenvalue weighted by Gasteiger charge is -2.32. The predicted molar refractivity (Wildman–Crippen MR) is 70.0 cm³/mol. The molecule has 1 aromatic rings. The first kappa shape index (κ1) is 13.5. The summed E-state index contributed by atoms with van der Waals surface area (Å²) in [5, 5.41) is 3.21. The molecular weight excluding hydrogens is 269 g/mol. The minimum Gasteiger partial charge on any atom is -0.485 e. The summed E-state index contributed by atoms with van der Waals surface area (Å²) in [6.07, 6.45) is -2.68. The van der Waals surface area contributed by atoms with Gasteiger partial charge in [-0.1, -0.05) is 12.1 Å². The number of alkyl halides is 3. The van der Waals surface area contributed by atoms with Crippen LogP contribution in [0.15, 0.2) is 24.3 Å². The van der Waals surface area contributed by atoms with E-state index in [1.165, 1.54) is 4.90 Å². The van der Waals surface area contributed by atoms with Crippen LogP contribution in [-0.4, -0.2) is 42.9 Å². The van der Waals surface area contributed by atoms with Crippen molar-refractivity contribution in [2.45, 2.75) is 31.2 Å². The van der Waals surface area contributed by atoms with Gasteiger partial charge in [-0.2, -0.15) is 13.2 Å². The summed E-state index contributed by atoms with van der Waals surface area (Å²) in [6.45, 7) is 0.00275. The second-order valence-corrected chi connectivity index (χ2v) is 5.39. The minimum absolute atomic E-state index is 0.0670. The molecule has 1 aliphatic heterocycles. The highest BCUT2D eigenvalue weighted by atomic mass is 19.4. The smallest absolute Gasteiger partial charge is 0.401 e. The van der Waals surface area contributed by atoms with E-state index < -0.39 is 12.7 Å². The van der Waals surface area contributed by atoms with Crippen LogP contribution in [0.4, 0.5) is 18.9 Å². The van der Waals surface area contributed by atoms with Crippen molar-refractivity contribution >= 4 is 5.69 Å². The molecule has 0 aromatic heterocycles. The van der Waals surface area contributed by atoms with Crippen molar-refractivity contribution in [3.8, 4) is 5.75 Å². The SMILES string of the molecule is FC(F)(F)CN(CC1CNc2ccccc2O1)C1CC1. The summed E-state index contributed by atoms with van der Waals surface area (Å²) >= 11 is 0. The van der Waals surface area contributed by atoms with E-state index >= 15 is 0 Å². The van der Waals surface area contributed by atoms with Gasteiger partial charge in [0.15, 0.2) is 0 Å². The number of hydrogen-bond acceptors (Lipinski definition) is 3. The third kappa shape index (κ3) is 3.36. The van der Waals surface area contributed by atoms with Crippen LogP contribution >= 0.6 is 0 Å². The first-order chi connectivity index (χ1) is 9.51. The van der Waals surface area contributed by atoms with E-state index in [9.17, 15) is 13.2 Å². The molecule has 1 atom stereocenters. The summed E-state index contributed by atoms with van der Waals surface area (Å²) in [4.78, 5) is 1.50. The van der Waals surface area contributed by atoms with Crippen molar-refractivity contribution < 1.29 is 17.9 Å². The highest BCUT2D eigenvalue weighted by molar-refractivity contribution is 5.57. The fraction of sp³-hybridized carbons (Fsp3) is 0.571. The summed E-state index contributed by atoms with van der Waals surface area (Å²) in [7, 11) is 0. The second-order valence-electron chi connectivity index (χ2n) is 5.39. The largest absolute Gasteiger partial charge is 0.485 e. The monoisotopic (exact) mass is 286 g/mol. The minimum atomic E-state index is -4.15. The Hall–Kier alpha value is -1.43. The molecule has 1 N–H and O–H groups in total. The van der Waals surface area contributed by atoms with Crippen LogP contribution in [0.25, 0.3) is 0 Å². The van der Waals surface area contributed by atoms with Crippen LogP contribution in [0.1, 0.15) is 12.8 Å². The Labute approximate surface area is 115 Å². The van der Waals surface area contributed by atoms with Gasteiger partial charge in [0, 0.05) is 12.6 Å². The molecule has 0 amide bonds. The van der Waals surface area contributed by atoms with E-state index in [-0.39, 0.29) is 12.1 Å². The lowest BCUT2D eigenvalue weighted by atomic mass is 10.2. The maximum absolute atomic E-state index is 12.6. The highest BCUT2D eigenvalue weighted by Crippen LogP contribution is 2.32. The van der Waals surface area contributed by atoms with Crippen molar-refractivity contribution in [2.24, 2.45) is 0 Å². The Kier molecular flexibility index (Phi) is 3.50. The van der Waals surface area contributed by atoms with Gasteiger partial charge in [0.25, 0.3) is 0 Å². The lowest BCUT2D eigenvalue weighted by molar-refractivity contribution is -0.149. The summed E-state index contributed by atoms with van der Waals surface area (Å²) < 4.78 is 43.6. The Morgan fingerprint density at radius 3 is 2.70 bits per heavy atom. The van der Waals surface area contributed by atoms with E-state index in [4.69, 9.17) is 4.74 Å². The zero-order valence-electron chi connectivity index (χ0n) is 11.0. The van der Waals surface area contributed by atoms with Crippen molar-refractivity contribution in [1.82, 2.24) is 4.90 Å². The number of para-hydroxylation sites is 2. The van der Waals surface area contributed by atoms with Gasteiger partial charge in [-0.3, -0.25) is 4.90 Å². The van der Waals surface area contributed by atoms with Gasteiger partial charge >= 0.3 is 6.18 Å². The van der Waals surface area contributed by atoms with E-state index in [1.807, 2.05) is 24.3 Å². The number of nitrogens with zero attached hydrogens (tertiary/aromatic N) is 1. The fourth-order valence-electron chi connectivity index (χ4n) is 2.54. The van der Waals surface area contributed by atoms with Crippen LogP contribution in [0.3, 0.4) is 0 Å². The standard InChI is InChI=1S/C14H17F3N2O/c15-14(16,17)9-19(10-5-6-10)8-11-7-18-12-3-1-2-4-13(12)20-11/h1-4,10-11,18H,5-9H2. The number of rotatable bonds is 4. The Morgan fingerprint density at radius 2 is 2.00 bits per heavy atom. The van der Waals surface area contributed by atoms with Crippen LogP contribution in [0.5, 0.6) is 5.75 Å². The average molecular weight is 286 g/mol. The number of halogens is 3. The van der Waals surface area contributed by atoms with Crippen LogP contribution in [0.2, 0.25) is 0 Å². The molecule has 0 bridgehead atoms. The van der Waals surface area contributed by atoms with Crippen molar-refractivity contribution in [2.75, 3.05) is 25.0 Å². The van der Waals surface area contributed by atoms with E-state index in [1.54, 1.807) is 0 Å². The van der Waals surface area contributed by atoms with E-state index in [2.05, 4.69) is 5.32 Å². The molecule has 0 saturated heterocycles. The maximum Gasteiger partial charge on any atom is 0.401 e. The molecule has 1 unspecified atom stereocenters.